The van der Waals surface area contributed by atoms with Gasteiger partial charge in [0.1, 0.15) is 0 Å². The highest BCUT2D eigenvalue weighted by atomic mass is 16.2. The van der Waals surface area contributed by atoms with E-state index in [2.05, 4.69) is 5.32 Å². The highest BCUT2D eigenvalue weighted by Crippen LogP contribution is 2.23. The molecule has 29 heavy (non-hydrogen) atoms. The monoisotopic (exact) mass is 392 g/mol. The SMILES string of the molecule is Cc1ccc(C(=O)CCC(=O)NC(C)c2ccc(N3CCCC3=O)cc2)cc1C. The topological polar surface area (TPSA) is 66.5 Å². The summed E-state index contributed by atoms with van der Waals surface area (Å²) < 4.78 is 0. The minimum Gasteiger partial charge on any atom is -0.350 e. The Morgan fingerprint density at radius 2 is 1.76 bits per heavy atom. The molecule has 1 fully saturated rings. The first-order valence-electron chi connectivity index (χ1n) is 10.2. The minimum absolute atomic E-state index is 0.0180. The number of aryl methyl sites for hydroxylation is 2. The van der Waals surface area contributed by atoms with E-state index in [1.165, 1.54) is 0 Å². The Bertz CT molecular complexity index is 918. The van der Waals surface area contributed by atoms with Crippen molar-refractivity contribution in [1.29, 1.82) is 0 Å². The summed E-state index contributed by atoms with van der Waals surface area (Å²) >= 11 is 0. The van der Waals surface area contributed by atoms with Crippen LogP contribution in [0.1, 0.15) is 65.7 Å². The molecule has 152 valence electrons. The molecule has 1 N–H and O–H groups in total. The third kappa shape index (κ3) is 5.11. The van der Waals surface area contributed by atoms with Crippen LogP contribution in [0.5, 0.6) is 0 Å². The zero-order valence-corrected chi connectivity index (χ0v) is 17.3. The van der Waals surface area contributed by atoms with Crippen molar-refractivity contribution >= 4 is 23.3 Å². The number of hydrogen-bond donors (Lipinski definition) is 1. The summed E-state index contributed by atoms with van der Waals surface area (Å²) in [4.78, 5) is 38.3. The molecule has 0 aromatic heterocycles. The van der Waals surface area contributed by atoms with Crippen LogP contribution in [0.15, 0.2) is 42.5 Å². The molecular formula is C24H28N2O3. The summed E-state index contributed by atoms with van der Waals surface area (Å²) in [5.41, 5.74) is 4.74. The maximum Gasteiger partial charge on any atom is 0.227 e. The number of anilines is 1. The molecule has 1 saturated heterocycles. The van der Waals surface area contributed by atoms with E-state index >= 15 is 0 Å². The molecule has 5 nitrogen and oxygen atoms in total. The van der Waals surface area contributed by atoms with Crippen LogP contribution in [0.3, 0.4) is 0 Å². The number of ketones is 1. The fraction of sp³-hybridized carbons (Fsp3) is 0.375. The van der Waals surface area contributed by atoms with Gasteiger partial charge in [-0.15, -0.1) is 0 Å². The first kappa shape index (κ1) is 20.8. The Labute approximate surface area is 172 Å². The second-order valence-corrected chi connectivity index (χ2v) is 7.75. The molecule has 5 heteroatoms. The van der Waals surface area contributed by atoms with Crippen molar-refractivity contribution in [2.75, 3.05) is 11.4 Å². The Balaban J connectivity index is 1.51. The fourth-order valence-corrected chi connectivity index (χ4v) is 3.55. The maximum absolute atomic E-state index is 12.3. The summed E-state index contributed by atoms with van der Waals surface area (Å²) in [5.74, 6) is -0.00319. The van der Waals surface area contributed by atoms with E-state index in [0.717, 1.165) is 35.3 Å². The van der Waals surface area contributed by atoms with Gasteiger partial charge in [-0.25, -0.2) is 0 Å². The number of amides is 2. The minimum atomic E-state index is -0.164. The van der Waals surface area contributed by atoms with Crippen molar-refractivity contribution in [3.8, 4) is 0 Å². The Morgan fingerprint density at radius 3 is 2.38 bits per heavy atom. The molecule has 0 aliphatic carbocycles. The molecule has 2 amide bonds. The molecule has 1 aliphatic heterocycles. The van der Waals surface area contributed by atoms with Crippen LogP contribution in [0, 0.1) is 13.8 Å². The summed E-state index contributed by atoms with van der Waals surface area (Å²) in [6, 6.07) is 13.2. The Hall–Kier alpha value is -2.95. The lowest BCUT2D eigenvalue weighted by atomic mass is 10.0. The Morgan fingerprint density at radius 1 is 1.03 bits per heavy atom. The van der Waals surface area contributed by atoms with Gasteiger partial charge >= 0.3 is 0 Å². The number of Topliss-reactive ketones (excluding diaryl/α,β-unsaturated/α-hetero) is 1. The van der Waals surface area contributed by atoms with Crippen molar-refractivity contribution in [2.45, 2.75) is 52.5 Å². The number of nitrogens with zero attached hydrogens (tertiary/aromatic N) is 1. The van der Waals surface area contributed by atoms with Crippen LogP contribution in [0.25, 0.3) is 0 Å². The number of carbonyl (C=O) groups excluding carboxylic acids is 3. The quantitative estimate of drug-likeness (QED) is 0.716. The number of nitrogens with one attached hydrogen (secondary N) is 1. The highest BCUT2D eigenvalue weighted by molar-refractivity contribution is 5.98. The van der Waals surface area contributed by atoms with Crippen molar-refractivity contribution in [3.05, 3.63) is 64.7 Å². The molecule has 0 spiro atoms. The van der Waals surface area contributed by atoms with E-state index in [-0.39, 0.29) is 36.5 Å². The lowest BCUT2D eigenvalue weighted by molar-refractivity contribution is -0.121. The van der Waals surface area contributed by atoms with Gasteiger partial charge in [-0.1, -0.05) is 24.3 Å². The zero-order chi connectivity index (χ0) is 21.0. The molecule has 0 radical (unpaired) electrons. The van der Waals surface area contributed by atoms with Crippen molar-refractivity contribution in [3.63, 3.8) is 0 Å². The van der Waals surface area contributed by atoms with E-state index in [1.54, 1.807) is 4.90 Å². The van der Waals surface area contributed by atoms with Gasteiger partial charge in [-0.2, -0.15) is 0 Å². The molecule has 1 atom stereocenters. The normalized spacial score (nSPS) is 14.7. The maximum atomic E-state index is 12.3. The average Bonchev–Trinajstić information content (AvgIpc) is 3.14. The molecule has 0 bridgehead atoms. The summed E-state index contributed by atoms with van der Waals surface area (Å²) in [6.07, 6.45) is 1.86. The smallest absolute Gasteiger partial charge is 0.227 e. The predicted molar refractivity (Wildman–Crippen MR) is 114 cm³/mol. The number of hydrogen-bond acceptors (Lipinski definition) is 3. The van der Waals surface area contributed by atoms with Gasteiger partial charge in [-0.05, 0) is 62.1 Å². The van der Waals surface area contributed by atoms with Crippen LogP contribution < -0.4 is 10.2 Å². The lowest BCUT2D eigenvalue weighted by Gasteiger charge is -2.18. The van der Waals surface area contributed by atoms with E-state index in [0.29, 0.717) is 12.0 Å². The van der Waals surface area contributed by atoms with Crippen molar-refractivity contribution < 1.29 is 14.4 Å². The van der Waals surface area contributed by atoms with Crippen LogP contribution in [-0.2, 0) is 9.59 Å². The van der Waals surface area contributed by atoms with Gasteiger partial charge < -0.3 is 10.2 Å². The molecule has 1 heterocycles. The average molecular weight is 392 g/mol. The van der Waals surface area contributed by atoms with Gasteiger partial charge in [0, 0.05) is 37.1 Å². The number of benzene rings is 2. The standard InChI is InChI=1S/C24H28N2O3/c1-16-6-7-20(15-17(16)2)22(27)12-13-23(28)25-18(3)19-8-10-21(11-9-19)26-14-4-5-24(26)29/h6-11,15,18H,4-5,12-14H2,1-3H3,(H,25,28). The van der Waals surface area contributed by atoms with E-state index in [9.17, 15) is 14.4 Å². The van der Waals surface area contributed by atoms with E-state index in [4.69, 9.17) is 0 Å². The molecular weight excluding hydrogens is 364 g/mol. The first-order valence-corrected chi connectivity index (χ1v) is 10.2. The fourth-order valence-electron chi connectivity index (χ4n) is 3.55. The van der Waals surface area contributed by atoms with Crippen molar-refractivity contribution in [1.82, 2.24) is 5.32 Å². The largest absolute Gasteiger partial charge is 0.350 e. The zero-order valence-electron chi connectivity index (χ0n) is 17.3. The van der Waals surface area contributed by atoms with E-state index < -0.39 is 0 Å². The van der Waals surface area contributed by atoms with E-state index in [1.807, 2.05) is 63.2 Å². The van der Waals surface area contributed by atoms with Gasteiger partial charge in [0.2, 0.25) is 11.8 Å². The third-order valence-corrected chi connectivity index (χ3v) is 5.56. The molecule has 1 aliphatic rings. The first-order chi connectivity index (χ1) is 13.8. The van der Waals surface area contributed by atoms with Gasteiger partial charge in [0.15, 0.2) is 5.78 Å². The van der Waals surface area contributed by atoms with Gasteiger partial charge in [0.05, 0.1) is 6.04 Å². The lowest BCUT2D eigenvalue weighted by Crippen LogP contribution is -2.27. The third-order valence-electron chi connectivity index (χ3n) is 5.56. The van der Waals surface area contributed by atoms with Crippen LogP contribution in [0.4, 0.5) is 5.69 Å². The van der Waals surface area contributed by atoms with Crippen LogP contribution in [0.2, 0.25) is 0 Å². The number of rotatable bonds is 7. The summed E-state index contributed by atoms with van der Waals surface area (Å²) in [6.45, 7) is 6.66. The second-order valence-electron chi connectivity index (χ2n) is 7.75. The predicted octanol–water partition coefficient (Wildman–Crippen LogP) is 4.27. The molecule has 1 unspecified atom stereocenters. The summed E-state index contributed by atoms with van der Waals surface area (Å²) in [5, 5.41) is 2.95. The molecule has 2 aromatic rings. The summed E-state index contributed by atoms with van der Waals surface area (Å²) in [7, 11) is 0. The molecule has 0 saturated carbocycles. The molecule has 2 aromatic carbocycles. The Kier molecular flexibility index (Phi) is 6.47. The number of carbonyl (C=O) groups is 3. The van der Waals surface area contributed by atoms with Crippen LogP contribution >= 0.6 is 0 Å². The highest BCUT2D eigenvalue weighted by Gasteiger charge is 2.21. The van der Waals surface area contributed by atoms with Crippen molar-refractivity contribution in [2.24, 2.45) is 0 Å². The van der Waals surface area contributed by atoms with Crippen LogP contribution in [-0.4, -0.2) is 24.1 Å². The van der Waals surface area contributed by atoms with Gasteiger partial charge in [-0.3, -0.25) is 14.4 Å². The van der Waals surface area contributed by atoms with Gasteiger partial charge in [0.25, 0.3) is 0 Å². The second kappa shape index (κ2) is 9.03. The molecule has 3 rings (SSSR count).